The van der Waals surface area contributed by atoms with Crippen molar-refractivity contribution >= 4 is 5.82 Å². The number of hydrogen-bond donors (Lipinski definition) is 0. The van der Waals surface area contributed by atoms with E-state index in [1.807, 2.05) is 24.4 Å². The van der Waals surface area contributed by atoms with Crippen LogP contribution in [0.25, 0.3) is 0 Å². The molecule has 0 spiro atoms. The molecule has 4 heteroatoms. The van der Waals surface area contributed by atoms with Crippen molar-refractivity contribution in [2.24, 2.45) is 0 Å². The first-order valence-corrected chi connectivity index (χ1v) is 6.30. The highest BCUT2D eigenvalue weighted by Gasteiger charge is 2.16. The van der Waals surface area contributed by atoms with Gasteiger partial charge in [0, 0.05) is 18.9 Å². The summed E-state index contributed by atoms with van der Waals surface area (Å²) in [5.41, 5.74) is 1.57. The summed E-state index contributed by atoms with van der Waals surface area (Å²) in [6, 6.07) is 11.7. The summed E-state index contributed by atoms with van der Waals surface area (Å²) in [5.74, 6) is 0.818. The van der Waals surface area contributed by atoms with E-state index in [1.54, 1.807) is 12.3 Å². The zero-order valence-corrected chi connectivity index (χ0v) is 11.1. The molecule has 0 N–H and O–H groups in total. The Balaban J connectivity index is 2.32. The lowest BCUT2D eigenvalue weighted by molar-refractivity contribution is 0.677. The Morgan fingerprint density at radius 1 is 1.32 bits per heavy atom. The Labute approximate surface area is 113 Å². The maximum absolute atomic E-state index is 8.93. The summed E-state index contributed by atoms with van der Waals surface area (Å²) in [6.45, 7) is 5.01. The number of nitriles is 1. The van der Waals surface area contributed by atoms with Crippen LogP contribution in [0.2, 0.25) is 0 Å². The van der Waals surface area contributed by atoms with Crippen LogP contribution >= 0.6 is 0 Å². The van der Waals surface area contributed by atoms with Gasteiger partial charge in [-0.2, -0.15) is 5.26 Å². The normalized spacial score (nSPS) is 11.6. The lowest BCUT2D eigenvalue weighted by Crippen LogP contribution is -2.27. The molecular formula is C15H16N4. The molecule has 0 saturated heterocycles. The molecule has 1 atom stereocenters. The molecule has 0 radical (unpaired) electrons. The van der Waals surface area contributed by atoms with Crippen molar-refractivity contribution in [3.63, 3.8) is 0 Å². The second-order valence-electron chi connectivity index (χ2n) is 4.24. The highest BCUT2D eigenvalue weighted by atomic mass is 15.2. The summed E-state index contributed by atoms with van der Waals surface area (Å²) in [4.78, 5) is 10.7. The molecular weight excluding hydrogens is 236 g/mol. The van der Waals surface area contributed by atoms with Gasteiger partial charge in [0.25, 0.3) is 0 Å². The number of pyridine rings is 2. The minimum absolute atomic E-state index is 0.167. The topological polar surface area (TPSA) is 52.8 Å². The Hall–Kier alpha value is -2.41. The molecule has 4 nitrogen and oxygen atoms in total. The fourth-order valence-corrected chi connectivity index (χ4v) is 2.08. The first-order chi connectivity index (χ1) is 9.26. The van der Waals surface area contributed by atoms with Gasteiger partial charge in [-0.25, -0.2) is 4.98 Å². The van der Waals surface area contributed by atoms with Gasteiger partial charge < -0.3 is 4.90 Å². The van der Waals surface area contributed by atoms with Crippen molar-refractivity contribution in [1.82, 2.24) is 9.97 Å². The van der Waals surface area contributed by atoms with E-state index in [0.717, 1.165) is 17.9 Å². The second kappa shape index (κ2) is 5.96. The van der Waals surface area contributed by atoms with Crippen molar-refractivity contribution in [2.45, 2.75) is 19.9 Å². The monoisotopic (exact) mass is 252 g/mol. The van der Waals surface area contributed by atoms with E-state index in [2.05, 4.69) is 40.9 Å². The molecule has 1 unspecified atom stereocenters. The van der Waals surface area contributed by atoms with Crippen LogP contribution in [0.1, 0.15) is 31.1 Å². The van der Waals surface area contributed by atoms with E-state index in [-0.39, 0.29) is 6.04 Å². The van der Waals surface area contributed by atoms with Crippen LogP contribution in [0.5, 0.6) is 0 Å². The summed E-state index contributed by atoms with van der Waals surface area (Å²) in [6.07, 6.45) is 3.63. The minimum Gasteiger partial charge on any atom is -0.350 e. The smallest absolute Gasteiger partial charge is 0.142 e. The molecule has 0 aliphatic carbocycles. The van der Waals surface area contributed by atoms with Crippen LogP contribution in [0, 0.1) is 11.3 Å². The standard InChI is InChI=1S/C15H16N4/c1-3-19(12(2)13-6-5-9-17-11-13)15-8-4-7-14(10-16)18-15/h4-9,11-12H,3H2,1-2H3. The largest absolute Gasteiger partial charge is 0.350 e. The zero-order valence-electron chi connectivity index (χ0n) is 11.1. The average molecular weight is 252 g/mol. The Bertz CT molecular complexity index is 574. The molecule has 2 heterocycles. The van der Waals surface area contributed by atoms with Crippen LogP contribution in [0.15, 0.2) is 42.7 Å². The van der Waals surface area contributed by atoms with Crippen LogP contribution in [0.4, 0.5) is 5.82 Å². The number of hydrogen-bond acceptors (Lipinski definition) is 4. The van der Waals surface area contributed by atoms with Gasteiger partial charge >= 0.3 is 0 Å². The summed E-state index contributed by atoms with van der Waals surface area (Å²) in [7, 11) is 0. The van der Waals surface area contributed by atoms with Gasteiger partial charge in [-0.1, -0.05) is 12.1 Å². The van der Waals surface area contributed by atoms with Crippen LogP contribution in [-0.2, 0) is 0 Å². The van der Waals surface area contributed by atoms with Gasteiger partial charge in [-0.15, -0.1) is 0 Å². The maximum atomic E-state index is 8.93. The Morgan fingerprint density at radius 2 is 2.16 bits per heavy atom. The summed E-state index contributed by atoms with van der Waals surface area (Å²) < 4.78 is 0. The van der Waals surface area contributed by atoms with E-state index in [9.17, 15) is 0 Å². The minimum atomic E-state index is 0.167. The molecule has 2 rings (SSSR count). The summed E-state index contributed by atoms with van der Waals surface area (Å²) in [5, 5.41) is 8.93. The molecule has 0 amide bonds. The van der Waals surface area contributed by atoms with E-state index in [1.165, 1.54) is 0 Å². The van der Waals surface area contributed by atoms with Gasteiger partial charge in [0.1, 0.15) is 17.6 Å². The third-order valence-electron chi connectivity index (χ3n) is 3.12. The van der Waals surface area contributed by atoms with Crippen molar-refractivity contribution in [1.29, 1.82) is 5.26 Å². The molecule has 0 saturated carbocycles. The lowest BCUT2D eigenvalue weighted by Gasteiger charge is -2.29. The fourth-order valence-electron chi connectivity index (χ4n) is 2.08. The van der Waals surface area contributed by atoms with E-state index >= 15 is 0 Å². The third-order valence-corrected chi connectivity index (χ3v) is 3.12. The van der Waals surface area contributed by atoms with Gasteiger partial charge in [-0.05, 0) is 37.6 Å². The second-order valence-corrected chi connectivity index (χ2v) is 4.24. The Kier molecular flexibility index (Phi) is 4.09. The van der Waals surface area contributed by atoms with Crippen molar-refractivity contribution in [3.8, 4) is 6.07 Å². The zero-order chi connectivity index (χ0) is 13.7. The van der Waals surface area contributed by atoms with Gasteiger partial charge in [0.05, 0.1) is 6.04 Å². The molecule has 0 bridgehead atoms. The predicted octanol–water partition coefficient (Wildman–Crippen LogP) is 2.94. The number of rotatable bonds is 4. The SMILES string of the molecule is CCN(c1cccc(C#N)n1)C(C)c1cccnc1. The van der Waals surface area contributed by atoms with Gasteiger partial charge in [0.2, 0.25) is 0 Å². The van der Waals surface area contributed by atoms with Crippen LogP contribution < -0.4 is 4.90 Å². The fraction of sp³-hybridized carbons (Fsp3) is 0.267. The number of aromatic nitrogens is 2. The average Bonchev–Trinajstić information content (AvgIpc) is 2.49. The first kappa shape index (κ1) is 13.0. The van der Waals surface area contributed by atoms with E-state index in [4.69, 9.17) is 5.26 Å². The molecule has 2 aromatic heterocycles. The Morgan fingerprint density at radius 3 is 2.79 bits per heavy atom. The molecule has 19 heavy (non-hydrogen) atoms. The predicted molar refractivity (Wildman–Crippen MR) is 74.6 cm³/mol. The van der Waals surface area contributed by atoms with Crippen molar-refractivity contribution < 1.29 is 0 Å². The third kappa shape index (κ3) is 2.89. The number of anilines is 1. The van der Waals surface area contributed by atoms with Crippen LogP contribution in [0.3, 0.4) is 0 Å². The lowest BCUT2D eigenvalue weighted by atomic mass is 10.1. The molecule has 0 fully saturated rings. The number of nitrogens with zero attached hydrogens (tertiary/aromatic N) is 4. The van der Waals surface area contributed by atoms with E-state index in [0.29, 0.717) is 5.69 Å². The van der Waals surface area contributed by atoms with Gasteiger partial charge in [0.15, 0.2) is 0 Å². The molecule has 0 aromatic carbocycles. The molecule has 2 aromatic rings. The molecule has 96 valence electrons. The van der Waals surface area contributed by atoms with E-state index < -0.39 is 0 Å². The van der Waals surface area contributed by atoms with Crippen LogP contribution in [-0.4, -0.2) is 16.5 Å². The summed E-state index contributed by atoms with van der Waals surface area (Å²) >= 11 is 0. The van der Waals surface area contributed by atoms with Crippen molar-refractivity contribution in [3.05, 3.63) is 54.0 Å². The first-order valence-electron chi connectivity index (χ1n) is 6.30. The maximum Gasteiger partial charge on any atom is 0.142 e. The quantitative estimate of drug-likeness (QED) is 0.839. The van der Waals surface area contributed by atoms with Gasteiger partial charge in [-0.3, -0.25) is 4.98 Å². The van der Waals surface area contributed by atoms with Crippen molar-refractivity contribution in [2.75, 3.05) is 11.4 Å². The molecule has 0 aliphatic heterocycles. The molecule has 0 aliphatic rings. The highest BCUT2D eigenvalue weighted by Crippen LogP contribution is 2.24. The highest BCUT2D eigenvalue weighted by molar-refractivity contribution is 5.44.